The van der Waals surface area contributed by atoms with E-state index in [2.05, 4.69) is 27.8 Å². The summed E-state index contributed by atoms with van der Waals surface area (Å²) in [6, 6.07) is 23.2. The maximum absolute atomic E-state index is 11.9. The van der Waals surface area contributed by atoms with Gasteiger partial charge in [-0.3, -0.25) is 4.98 Å². The highest BCUT2D eigenvalue weighted by Gasteiger charge is 2.03. The second kappa shape index (κ2) is 7.22. The Kier molecular flexibility index (Phi) is 4.64. The summed E-state index contributed by atoms with van der Waals surface area (Å²) in [5, 5.41) is 5.59. The molecule has 1 heterocycles. The molecule has 4 nitrogen and oxygen atoms in total. The molecule has 0 spiro atoms. The van der Waals surface area contributed by atoms with Crippen LogP contribution in [0.2, 0.25) is 0 Å². The van der Waals surface area contributed by atoms with Crippen molar-refractivity contribution in [2.45, 2.75) is 6.54 Å². The minimum absolute atomic E-state index is 0.247. The standard InChI is InChI=1S/C19H17N3O/c23-19(21-14-18-8-4-5-13-20-18)22-17-11-9-16(10-12-17)15-6-2-1-3-7-15/h1-13H,14H2,(H2,21,22,23). The zero-order valence-electron chi connectivity index (χ0n) is 12.6. The number of urea groups is 1. The number of anilines is 1. The Hall–Kier alpha value is -3.14. The van der Waals surface area contributed by atoms with Crippen molar-refractivity contribution in [2.75, 3.05) is 5.32 Å². The van der Waals surface area contributed by atoms with Crippen molar-refractivity contribution in [3.63, 3.8) is 0 Å². The molecule has 0 saturated heterocycles. The maximum atomic E-state index is 11.9. The number of aromatic nitrogens is 1. The monoisotopic (exact) mass is 303 g/mol. The Morgan fingerprint density at radius 3 is 2.22 bits per heavy atom. The first-order chi connectivity index (χ1) is 11.3. The van der Waals surface area contributed by atoms with Crippen LogP contribution in [-0.4, -0.2) is 11.0 Å². The molecule has 0 aliphatic heterocycles. The zero-order valence-corrected chi connectivity index (χ0v) is 12.6. The molecule has 2 aromatic carbocycles. The summed E-state index contributed by atoms with van der Waals surface area (Å²) >= 11 is 0. The minimum atomic E-state index is -0.247. The Bertz CT molecular complexity index is 756. The fourth-order valence-electron chi connectivity index (χ4n) is 2.23. The van der Waals surface area contributed by atoms with E-state index in [0.29, 0.717) is 6.54 Å². The van der Waals surface area contributed by atoms with Crippen LogP contribution in [0, 0.1) is 0 Å². The predicted molar refractivity (Wildman–Crippen MR) is 92.0 cm³/mol. The van der Waals surface area contributed by atoms with Gasteiger partial charge in [-0.1, -0.05) is 48.5 Å². The van der Waals surface area contributed by atoms with Crippen LogP contribution < -0.4 is 10.6 Å². The van der Waals surface area contributed by atoms with E-state index in [1.165, 1.54) is 0 Å². The molecule has 2 N–H and O–H groups in total. The topological polar surface area (TPSA) is 54.0 Å². The summed E-state index contributed by atoms with van der Waals surface area (Å²) in [6.07, 6.45) is 1.71. The third kappa shape index (κ3) is 4.17. The number of hydrogen-bond acceptors (Lipinski definition) is 2. The highest BCUT2D eigenvalue weighted by molar-refractivity contribution is 5.89. The average Bonchev–Trinajstić information content (AvgIpc) is 2.62. The third-order valence-electron chi connectivity index (χ3n) is 3.41. The van der Waals surface area contributed by atoms with Crippen molar-refractivity contribution in [1.82, 2.24) is 10.3 Å². The first kappa shape index (κ1) is 14.8. The van der Waals surface area contributed by atoms with E-state index in [9.17, 15) is 4.79 Å². The Labute approximate surface area is 135 Å². The second-order valence-corrected chi connectivity index (χ2v) is 5.07. The predicted octanol–water partition coefficient (Wildman–Crippen LogP) is 4.07. The maximum Gasteiger partial charge on any atom is 0.319 e. The molecule has 4 heteroatoms. The zero-order chi connectivity index (χ0) is 15.9. The number of pyridine rings is 1. The lowest BCUT2D eigenvalue weighted by molar-refractivity contribution is 0.251. The highest BCUT2D eigenvalue weighted by atomic mass is 16.2. The van der Waals surface area contributed by atoms with Crippen molar-refractivity contribution in [1.29, 1.82) is 0 Å². The van der Waals surface area contributed by atoms with E-state index in [1.807, 2.05) is 60.7 Å². The molecule has 3 rings (SSSR count). The van der Waals surface area contributed by atoms with Gasteiger partial charge >= 0.3 is 6.03 Å². The smallest absolute Gasteiger partial charge is 0.319 e. The molecule has 0 bridgehead atoms. The molecule has 1 aromatic heterocycles. The van der Waals surface area contributed by atoms with Crippen molar-refractivity contribution in [3.8, 4) is 11.1 Å². The summed E-state index contributed by atoms with van der Waals surface area (Å²) in [4.78, 5) is 16.1. The molecular weight excluding hydrogens is 286 g/mol. The summed E-state index contributed by atoms with van der Waals surface area (Å²) in [5.41, 5.74) is 3.84. The van der Waals surface area contributed by atoms with E-state index < -0.39 is 0 Å². The first-order valence-electron chi connectivity index (χ1n) is 7.41. The van der Waals surface area contributed by atoms with Gasteiger partial charge in [-0.15, -0.1) is 0 Å². The summed E-state index contributed by atoms with van der Waals surface area (Å²) < 4.78 is 0. The van der Waals surface area contributed by atoms with E-state index >= 15 is 0 Å². The van der Waals surface area contributed by atoms with Crippen LogP contribution in [0.3, 0.4) is 0 Å². The molecule has 3 aromatic rings. The number of amides is 2. The molecule has 0 saturated carbocycles. The van der Waals surface area contributed by atoms with Gasteiger partial charge in [0.05, 0.1) is 12.2 Å². The molecule has 0 aliphatic carbocycles. The number of nitrogens with zero attached hydrogens (tertiary/aromatic N) is 1. The highest BCUT2D eigenvalue weighted by Crippen LogP contribution is 2.20. The van der Waals surface area contributed by atoms with Crippen LogP contribution in [0.25, 0.3) is 11.1 Å². The Morgan fingerprint density at radius 1 is 0.826 bits per heavy atom. The van der Waals surface area contributed by atoms with Crippen LogP contribution in [0.15, 0.2) is 79.0 Å². The van der Waals surface area contributed by atoms with Crippen LogP contribution in [0.4, 0.5) is 10.5 Å². The quantitative estimate of drug-likeness (QED) is 0.763. The van der Waals surface area contributed by atoms with Gasteiger partial charge in [-0.2, -0.15) is 0 Å². The van der Waals surface area contributed by atoms with E-state index in [0.717, 1.165) is 22.5 Å². The normalized spacial score (nSPS) is 10.1. The van der Waals surface area contributed by atoms with Gasteiger partial charge in [-0.05, 0) is 35.4 Å². The van der Waals surface area contributed by atoms with Crippen LogP contribution in [0.5, 0.6) is 0 Å². The summed E-state index contributed by atoms with van der Waals surface area (Å²) in [6.45, 7) is 0.398. The number of benzene rings is 2. The van der Waals surface area contributed by atoms with E-state index in [4.69, 9.17) is 0 Å². The molecule has 0 atom stereocenters. The Morgan fingerprint density at radius 2 is 1.52 bits per heavy atom. The summed E-state index contributed by atoms with van der Waals surface area (Å²) in [5.74, 6) is 0. The third-order valence-corrected chi connectivity index (χ3v) is 3.41. The fourth-order valence-corrected chi connectivity index (χ4v) is 2.23. The molecule has 2 amide bonds. The number of nitrogens with one attached hydrogen (secondary N) is 2. The Balaban J connectivity index is 1.57. The number of carbonyl (C=O) groups excluding carboxylic acids is 1. The lowest BCUT2D eigenvalue weighted by Crippen LogP contribution is -2.28. The number of hydrogen-bond donors (Lipinski definition) is 2. The summed E-state index contributed by atoms with van der Waals surface area (Å²) in [7, 11) is 0. The minimum Gasteiger partial charge on any atom is -0.332 e. The van der Waals surface area contributed by atoms with E-state index in [-0.39, 0.29) is 6.03 Å². The number of rotatable bonds is 4. The lowest BCUT2D eigenvalue weighted by Gasteiger charge is -2.08. The average molecular weight is 303 g/mol. The SMILES string of the molecule is O=C(NCc1ccccn1)Nc1ccc(-c2ccccc2)cc1. The molecule has 0 unspecified atom stereocenters. The van der Waals surface area contributed by atoms with Gasteiger partial charge < -0.3 is 10.6 Å². The van der Waals surface area contributed by atoms with Gasteiger partial charge in [0, 0.05) is 11.9 Å². The lowest BCUT2D eigenvalue weighted by atomic mass is 10.1. The van der Waals surface area contributed by atoms with Gasteiger partial charge in [0.1, 0.15) is 0 Å². The number of carbonyl (C=O) groups is 1. The molecule has 0 fully saturated rings. The van der Waals surface area contributed by atoms with Gasteiger partial charge in [-0.25, -0.2) is 4.79 Å². The molecule has 114 valence electrons. The van der Waals surface area contributed by atoms with E-state index in [1.54, 1.807) is 6.20 Å². The molecule has 0 radical (unpaired) electrons. The van der Waals surface area contributed by atoms with Crippen molar-refractivity contribution >= 4 is 11.7 Å². The fraction of sp³-hybridized carbons (Fsp3) is 0.0526. The largest absolute Gasteiger partial charge is 0.332 e. The second-order valence-electron chi connectivity index (χ2n) is 5.07. The van der Waals surface area contributed by atoms with Crippen LogP contribution >= 0.6 is 0 Å². The van der Waals surface area contributed by atoms with Gasteiger partial charge in [0.2, 0.25) is 0 Å². The van der Waals surface area contributed by atoms with Crippen molar-refractivity contribution < 1.29 is 4.79 Å². The van der Waals surface area contributed by atoms with Crippen molar-refractivity contribution in [3.05, 3.63) is 84.7 Å². The molecular formula is C19H17N3O. The molecule has 0 aliphatic rings. The van der Waals surface area contributed by atoms with Gasteiger partial charge in [0.25, 0.3) is 0 Å². The first-order valence-corrected chi connectivity index (χ1v) is 7.41. The van der Waals surface area contributed by atoms with Crippen molar-refractivity contribution in [2.24, 2.45) is 0 Å². The van der Waals surface area contributed by atoms with Crippen LogP contribution in [-0.2, 0) is 6.54 Å². The molecule has 23 heavy (non-hydrogen) atoms. The van der Waals surface area contributed by atoms with Gasteiger partial charge in [0.15, 0.2) is 0 Å². The van der Waals surface area contributed by atoms with Crippen LogP contribution in [0.1, 0.15) is 5.69 Å².